The summed E-state index contributed by atoms with van der Waals surface area (Å²) >= 11 is 0. The highest BCUT2D eigenvalue weighted by atomic mass is 19.1. The molecule has 0 aliphatic carbocycles. The van der Waals surface area contributed by atoms with E-state index in [9.17, 15) is 4.39 Å². The molecule has 0 atom stereocenters. The van der Waals surface area contributed by atoms with Crippen LogP contribution in [0.5, 0.6) is 5.75 Å². The summed E-state index contributed by atoms with van der Waals surface area (Å²) in [6, 6.07) is 21.0. The van der Waals surface area contributed by atoms with Gasteiger partial charge in [-0.05, 0) is 55.0 Å². The fraction of sp³-hybridized carbons (Fsp3) is 0.120. The maximum absolute atomic E-state index is 14.1. The molecule has 0 bridgehead atoms. The molecule has 0 saturated carbocycles. The van der Waals surface area contributed by atoms with Crippen LogP contribution in [0.2, 0.25) is 0 Å². The molecule has 148 valence electrons. The molecule has 0 spiro atoms. The largest absolute Gasteiger partial charge is 0.497 e. The second-order valence-corrected chi connectivity index (χ2v) is 7.44. The summed E-state index contributed by atoms with van der Waals surface area (Å²) in [5.74, 6) is 0.496. The molecule has 0 fully saturated rings. The molecule has 0 amide bonds. The van der Waals surface area contributed by atoms with Crippen LogP contribution in [0, 0.1) is 12.7 Å². The first-order valence-corrected chi connectivity index (χ1v) is 9.77. The molecule has 0 aromatic heterocycles. The second kappa shape index (κ2) is 7.26. The quantitative estimate of drug-likeness (QED) is 0.390. The number of aryl methyl sites for hydroxylation is 1. The highest BCUT2D eigenvalue weighted by molar-refractivity contribution is 5.98. The topological polar surface area (TPSA) is 39.9 Å². The lowest BCUT2D eigenvalue weighted by Gasteiger charge is -2.15. The molecule has 0 unspecified atom stereocenters. The molecule has 2 heterocycles. The van der Waals surface area contributed by atoms with Gasteiger partial charge in [-0.1, -0.05) is 29.8 Å². The summed E-state index contributed by atoms with van der Waals surface area (Å²) in [5, 5.41) is 9.60. The van der Waals surface area contributed by atoms with Gasteiger partial charge in [0.15, 0.2) is 0 Å². The van der Waals surface area contributed by atoms with E-state index in [1.807, 2.05) is 24.3 Å². The van der Waals surface area contributed by atoms with E-state index in [-0.39, 0.29) is 5.82 Å². The van der Waals surface area contributed by atoms with Gasteiger partial charge >= 0.3 is 0 Å². The number of pyridine rings is 1. The van der Waals surface area contributed by atoms with Crippen LogP contribution in [-0.2, 0) is 6.54 Å². The number of aromatic nitrogens is 3. The molecule has 3 aromatic rings. The molecule has 30 heavy (non-hydrogen) atoms. The Hall–Kier alpha value is -3.73. The normalized spacial score (nSPS) is 11.3. The Balaban J connectivity index is 1.70. The van der Waals surface area contributed by atoms with Crippen LogP contribution in [0.4, 0.5) is 4.39 Å². The van der Waals surface area contributed by atoms with Gasteiger partial charge in [0, 0.05) is 29.3 Å². The predicted molar refractivity (Wildman–Crippen MR) is 116 cm³/mol. The average molecular weight is 397 g/mol. The highest BCUT2D eigenvalue weighted by Gasteiger charge is 2.20. The van der Waals surface area contributed by atoms with Crippen molar-refractivity contribution in [2.75, 3.05) is 7.11 Å². The first-order chi connectivity index (χ1) is 14.6. The van der Waals surface area contributed by atoms with E-state index >= 15 is 0 Å². The summed E-state index contributed by atoms with van der Waals surface area (Å²) in [7, 11) is 1.64. The van der Waals surface area contributed by atoms with E-state index in [0.29, 0.717) is 12.2 Å². The summed E-state index contributed by atoms with van der Waals surface area (Å²) in [6.07, 6.45) is 2.06. The molecule has 0 saturated heterocycles. The number of nitrogens with zero attached hydrogens (tertiary/aromatic N) is 3. The molecule has 2 aliphatic heterocycles. The third-order valence-corrected chi connectivity index (χ3v) is 5.41. The smallest absolute Gasteiger partial charge is 0.124 e. The minimum atomic E-state index is -0.286. The zero-order chi connectivity index (χ0) is 20.7. The first kappa shape index (κ1) is 18.3. The summed E-state index contributed by atoms with van der Waals surface area (Å²) in [4.78, 5) is 0. The van der Waals surface area contributed by atoms with Gasteiger partial charge in [-0.15, -0.1) is 10.2 Å². The summed E-state index contributed by atoms with van der Waals surface area (Å²) in [6.45, 7) is 2.75. The molecule has 5 heteroatoms. The zero-order valence-electron chi connectivity index (χ0n) is 16.8. The van der Waals surface area contributed by atoms with Gasteiger partial charge in [-0.25, -0.2) is 4.39 Å². The van der Waals surface area contributed by atoms with Crippen LogP contribution in [0.15, 0.2) is 72.9 Å². The lowest BCUT2D eigenvalue weighted by Crippen LogP contribution is -2.04. The standard InChI is InChI=1S/C25H20FN3O/c1-16-3-5-17(6-4-16)14-29-15-22-24(18-7-10-20(30-2)11-8-18)27-28-25(22)21-13-19(26)9-12-23(21)29/h3-13,15H,14H2,1-2H3. The predicted octanol–water partition coefficient (Wildman–Crippen LogP) is 5.71. The highest BCUT2D eigenvalue weighted by Crippen LogP contribution is 2.37. The van der Waals surface area contributed by atoms with Gasteiger partial charge in [0.25, 0.3) is 0 Å². The van der Waals surface area contributed by atoms with Crippen LogP contribution in [0.1, 0.15) is 11.1 Å². The van der Waals surface area contributed by atoms with Gasteiger partial charge in [0.05, 0.1) is 12.6 Å². The maximum atomic E-state index is 14.1. The minimum Gasteiger partial charge on any atom is -0.497 e. The van der Waals surface area contributed by atoms with Crippen molar-refractivity contribution in [3.63, 3.8) is 0 Å². The lowest BCUT2D eigenvalue weighted by atomic mass is 10.0. The Morgan fingerprint density at radius 2 is 1.63 bits per heavy atom. The Bertz CT molecular complexity index is 1310. The number of methoxy groups -OCH3 is 1. The van der Waals surface area contributed by atoms with Crippen LogP contribution in [0.25, 0.3) is 33.4 Å². The maximum Gasteiger partial charge on any atom is 0.124 e. The monoisotopic (exact) mass is 397 g/mol. The number of halogens is 1. The van der Waals surface area contributed by atoms with Crippen molar-refractivity contribution in [3.8, 4) is 28.3 Å². The van der Waals surface area contributed by atoms with Gasteiger partial charge in [0.1, 0.15) is 23.0 Å². The van der Waals surface area contributed by atoms with Crippen molar-refractivity contribution in [2.24, 2.45) is 0 Å². The Kier molecular flexibility index (Phi) is 4.43. The fourth-order valence-electron chi connectivity index (χ4n) is 3.80. The van der Waals surface area contributed by atoms with Crippen LogP contribution < -0.4 is 4.74 Å². The number of hydrogen-bond donors (Lipinski definition) is 0. The van der Waals surface area contributed by atoms with E-state index in [1.165, 1.54) is 23.3 Å². The van der Waals surface area contributed by atoms with Crippen molar-refractivity contribution in [2.45, 2.75) is 13.5 Å². The molecular formula is C25H20FN3O. The second-order valence-electron chi connectivity index (χ2n) is 7.44. The van der Waals surface area contributed by atoms with Crippen molar-refractivity contribution in [1.82, 2.24) is 14.8 Å². The Labute approximate surface area is 173 Å². The number of benzene rings is 3. The molecular weight excluding hydrogens is 377 g/mol. The zero-order valence-corrected chi connectivity index (χ0v) is 16.8. The van der Waals surface area contributed by atoms with Gasteiger partial charge in [-0.2, -0.15) is 0 Å². The molecule has 2 aliphatic rings. The Morgan fingerprint density at radius 1 is 0.900 bits per heavy atom. The molecule has 0 radical (unpaired) electrons. The van der Waals surface area contributed by atoms with Crippen molar-refractivity contribution < 1.29 is 9.13 Å². The lowest BCUT2D eigenvalue weighted by molar-refractivity contribution is 0.415. The fourth-order valence-corrected chi connectivity index (χ4v) is 3.80. The van der Waals surface area contributed by atoms with Crippen LogP contribution in [0.3, 0.4) is 0 Å². The van der Waals surface area contributed by atoms with E-state index in [1.54, 1.807) is 13.2 Å². The molecule has 4 nitrogen and oxygen atoms in total. The van der Waals surface area contributed by atoms with E-state index in [2.05, 4.69) is 52.2 Å². The third kappa shape index (κ3) is 3.18. The number of hydrogen-bond acceptors (Lipinski definition) is 3. The van der Waals surface area contributed by atoms with Crippen molar-refractivity contribution in [3.05, 3.63) is 89.9 Å². The van der Waals surface area contributed by atoms with Gasteiger partial charge in [0.2, 0.25) is 0 Å². The van der Waals surface area contributed by atoms with E-state index < -0.39 is 0 Å². The van der Waals surface area contributed by atoms with Crippen molar-refractivity contribution in [1.29, 1.82) is 0 Å². The number of rotatable bonds is 4. The summed E-state index contributed by atoms with van der Waals surface area (Å²) < 4.78 is 21.5. The summed E-state index contributed by atoms with van der Waals surface area (Å²) in [5.41, 5.74) is 6.63. The number of fused-ring (bicyclic) bond motifs is 3. The molecule has 3 aromatic carbocycles. The average Bonchev–Trinajstić information content (AvgIpc) is 3.19. The van der Waals surface area contributed by atoms with Crippen LogP contribution >= 0.6 is 0 Å². The Morgan fingerprint density at radius 3 is 2.37 bits per heavy atom. The minimum absolute atomic E-state index is 0.286. The van der Waals surface area contributed by atoms with Crippen molar-refractivity contribution >= 4 is 10.9 Å². The SMILES string of the molecule is COc1ccc(-c2nnc3c4cc(F)ccc4n(Cc4ccc(C)cc4)cc2-3)cc1. The van der Waals surface area contributed by atoms with Gasteiger partial charge < -0.3 is 9.30 Å². The first-order valence-electron chi connectivity index (χ1n) is 9.77. The number of ether oxygens (including phenoxy) is 1. The van der Waals surface area contributed by atoms with E-state index in [4.69, 9.17) is 4.74 Å². The van der Waals surface area contributed by atoms with E-state index in [0.717, 1.165) is 33.5 Å². The van der Waals surface area contributed by atoms with Crippen LogP contribution in [-0.4, -0.2) is 21.9 Å². The molecule has 5 rings (SSSR count). The molecule has 0 N–H and O–H groups in total. The van der Waals surface area contributed by atoms with Gasteiger partial charge in [-0.3, -0.25) is 0 Å². The third-order valence-electron chi connectivity index (χ3n) is 5.41.